The van der Waals surface area contributed by atoms with E-state index in [4.69, 9.17) is 0 Å². The van der Waals surface area contributed by atoms with Crippen molar-refractivity contribution in [2.45, 2.75) is 65.8 Å². The van der Waals surface area contributed by atoms with E-state index in [9.17, 15) is 5.11 Å². The third-order valence-electron chi connectivity index (χ3n) is 4.72. The molecule has 0 aromatic rings. The minimum absolute atomic E-state index is 0.283. The lowest BCUT2D eigenvalue weighted by molar-refractivity contribution is 0.0910. The lowest BCUT2D eigenvalue weighted by Crippen LogP contribution is -2.48. The molecule has 0 spiro atoms. The van der Waals surface area contributed by atoms with Gasteiger partial charge in [-0.15, -0.1) is 0 Å². The van der Waals surface area contributed by atoms with Crippen molar-refractivity contribution in [2.75, 3.05) is 32.8 Å². The second-order valence-electron chi connectivity index (χ2n) is 7.21. The SMILES string of the molecule is CCCCN(CCO)CC1CC(C)(C)CCC1NCC. The van der Waals surface area contributed by atoms with Gasteiger partial charge in [-0.05, 0) is 50.1 Å². The van der Waals surface area contributed by atoms with Crippen LogP contribution in [0.3, 0.4) is 0 Å². The van der Waals surface area contributed by atoms with Gasteiger partial charge >= 0.3 is 0 Å². The van der Waals surface area contributed by atoms with Crippen LogP contribution in [0, 0.1) is 11.3 Å². The van der Waals surface area contributed by atoms with Gasteiger partial charge in [0.2, 0.25) is 0 Å². The van der Waals surface area contributed by atoms with Gasteiger partial charge in [0.05, 0.1) is 6.61 Å². The molecular formula is C17H36N2O. The van der Waals surface area contributed by atoms with Crippen LogP contribution in [0.15, 0.2) is 0 Å². The molecule has 0 saturated heterocycles. The monoisotopic (exact) mass is 284 g/mol. The normalized spacial score (nSPS) is 26.1. The number of aliphatic hydroxyl groups is 1. The summed E-state index contributed by atoms with van der Waals surface area (Å²) < 4.78 is 0. The summed E-state index contributed by atoms with van der Waals surface area (Å²) >= 11 is 0. The predicted octanol–water partition coefficient (Wildman–Crippen LogP) is 2.89. The Hall–Kier alpha value is -0.120. The summed E-state index contributed by atoms with van der Waals surface area (Å²) in [7, 11) is 0. The summed E-state index contributed by atoms with van der Waals surface area (Å²) in [5, 5.41) is 13.0. The Morgan fingerprint density at radius 3 is 2.60 bits per heavy atom. The van der Waals surface area contributed by atoms with E-state index in [1.807, 2.05) is 0 Å². The molecule has 0 aromatic heterocycles. The van der Waals surface area contributed by atoms with Gasteiger partial charge in [-0.1, -0.05) is 34.1 Å². The van der Waals surface area contributed by atoms with Crippen LogP contribution >= 0.6 is 0 Å². The van der Waals surface area contributed by atoms with Crippen LogP contribution in [0.2, 0.25) is 0 Å². The Bertz CT molecular complexity index is 255. The first kappa shape index (κ1) is 17.9. The third kappa shape index (κ3) is 6.11. The average Bonchev–Trinajstić information content (AvgIpc) is 2.39. The first-order valence-electron chi connectivity index (χ1n) is 8.59. The number of nitrogens with one attached hydrogen (secondary N) is 1. The fraction of sp³-hybridized carbons (Fsp3) is 1.00. The summed E-state index contributed by atoms with van der Waals surface area (Å²) in [6.45, 7) is 13.7. The zero-order chi connectivity index (χ0) is 15.0. The summed E-state index contributed by atoms with van der Waals surface area (Å²) in [6.07, 6.45) is 6.40. The van der Waals surface area contributed by atoms with Crippen LogP contribution in [-0.4, -0.2) is 48.8 Å². The molecule has 20 heavy (non-hydrogen) atoms. The summed E-state index contributed by atoms with van der Waals surface area (Å²) in [4.78, 5) is 2.47. The summed E-state index contributed by atoms with van der Waals surface area (Å²) in [5.74, 6) is 0.724. The lowest BCUT2D eigenvalue weighted by atomic mass is 9.69. The van der Waals surface area contributed by atoms with Crippen LogP contribution < -0.4 is 5.32 Å². The molecule has 120 valence electrons. The molecule has 3 heteroatoms. The van der Waals surface area contributed by atoms with Gasteiger partial charge in [-0.3, -0.25) is 0 Å². The molecular weight excluding hydrogens is 248 g/mol. The van der Waals surface area contributed by atoms with Gasteiger partial charge in [-0.2, -0.15) is 0 Å². The van der Waals surface area contributed by atoms with E-state index in [-0.39, 0.29) is 6.61 Å². The summed E-state index contributed by atoms with van der Waals surface area (Å²) in [6, 6.07) is 0.663. The van der Waals surface area contributed by atoms with E-state index in [0.717, 1.165) is 32.1 Å². The van der Waals surface area contributed by atoms with Crippen molar-refractivity contribution in [3.05, 3.63) is 0 Å². The van der Waals surface area contributed by atoms with Crippen molar-refractivity contribution in [1.82, 2.24) is 10.2 Å². The fourth-order valence-corrected chi connectivity index (χ4v) is 3.61. The molecule has 3 nitrogen and oxygen atoms in total. The van der Waals surface area contributed by atoms with E-state index in [1.54, 1.807) is 0 Å². The van der Waals surface area contributed by atoms with Crippen molar-refractivity contribution >= 4 is 0 Å². The molecule has 0 amide bonds. The van der Waals surface area contributed by atoms with Crippen molar-refractivity contribution in [3.63, 3.8) is 0 Å². The van der Waals surface area contributed by atoms with Crippen LogP contribution in [0.25, 0.3) is 0 Å². The van der Waals surface area contributed by atoms with Crippen LogP contribution in [-0.2, 0) is 0 Å². The van der Waals surface area contributed by atoms with Gasteiger partial charge in [0.1, 0.15) is 0 Å². The van der Waals surface area contributed by atoms with Gasteiger partial charge in [0, 0.05) is 19.1 Å². The van der Waals surface area contributed by atoms with Crippen molar-refractivity contribution < 1.29 is 5.11 Å². The number of hydrogen-bond donors (Lipinski definition) is 2. The van der Waals surface area contributed by atoms with E-state index < -0.39 is 0 Å². The molecule has 0 radical (unpaired) electrons. The average molecular weight is 284 g/mol. The molecule has 1 aliphatic carbocycles. The Kier molecular flexibility index (Phi) is 8.08. The van der Waals surface area contributed by atoms with Crippen molar-refractivity contribution in [1.29, 1.82) is 0 Å². The van der Waals surface area contributed by atoms with Gasteiger partial charge in [-0.25, -0.2) is 0 Å². The maximum atomic E-state index is 9.28. The molecule has 0 aliphatic heterocycles. The Morgan fingerprint density at radius 2 is 2.00 bits per heavy atom. The number of hydrogen-bond acceptors (Lipinski definition) is 3. The molecule has 2 N–H and O–H groups in total. The van der Waals surface area contributed by atoms with Gasteiger partial charge in [0.15, 0.2) is 0 Å². The topological polar surface area (TPSA) is 35.5 Å². The zero-order valence-electron chi connectivity index (χ0n) is 14.1. The molecule has 0 heterocycles. The number of aliphatic hydroxyl groups excluding tert-OH is 1. The van der Waals surface area contributed by atoms with Crippen molar-refractivity contribution in [3.8, 4) is 0 Å². The third-order valence-corrected chi connectivity index (χ3v) is 4.72. The molecule has 0 bridgehead atoms. The largest absolute Gasteiger partial charge is 0.395 e. The Balaban J connectivity index is 2.60. The van der Waals surface area contributed by atoms with Crippen LogP contribution in [0.4, 0.5) is 0 Å². The second kappa shape index (κ2) is 9.01. The molecule has 1 aliphatic rings. The van der Waals surface area contributed by atoms with E-state index in [1.165, 1.54) is 32.1 Å². The fourth-order valence-electron chi connectivity index (χ4n) is 3.61. The molecule has 2 atom stereocenters. The number of nitrogens with zero attached hydrogens (tertiary/aromatic N) is 1. The van der Waals surface area contributed by atoms with Crippen molar-refractivity contribution in [2.24, 2.45) is 11.3 Å². The van der Waals surface area contributed by atoms with Crippen LogP contribution in [0.1, 0.15) is 59.8 Å². The standard InChI is InChI=1S/C17H36N2O/c1-5-7-10-19(11-12-20)14-15-13-17(3,4)9-8-16(15)18-6-2/h15-16,18,20H,5-14H2,1-4H3. The smallest absolute Gasteiger partial charge is 0.0558 e. The highest BCUT2D eigenvalue weighted by atomic mass is 16.3. The minimum Gasteiger partial charge on any atom is -0.395 e. The highest BCUT2D eigenvalue weighted by Crippen LogP contribution is 2.39. The van der Waals surface area contributed by atoms with Gasteiger partial charge < -0.3 is 15.3 Å². The van der Waals surface area contributed by atoms with E-state index in [0.29, 0.717) is 11.5 Å². The predicted molar refractivity (Wildman–Crippen MR) is 87.0 cm³/mol. The molecule has 1 rings (SSSR count). The maximum Gasteiger partial charge on any atom is 0.0558 e. The summed E-state index contributed by atoms with van der Waals surface area (Å²) in [5.41, 5.74) is 0.478. The maximum absolute atomic E-state index is 9.28. The van der Waals surface area contributed by atoms with Crippen LogP contribution in [0.5, 0.6) is 0 Å². The molecule has 0 aromatic carbocycles. The minimum atomic E-state index is 0.283. The molecule has 2 unspecified atom stereocenters. The second-order valence-corrected chi connectivity index (χ2v) is 7.21. The Morgan fingerprint density at radius 1 is 1.25 bits per heavy atom. The zero-order valence-corrected chi connectivity index (χ0v) is 14.1. The number of unbranched alkanes of at least 4 members (excludes halogenated alkanes) is 1. The van der Waals surface area contributed by atoms with E-state index >= 15 is 0 Å². The Labute approximate surface area is 126 Å². The molecule has 1 saturated carbocycles. The number of rotatable bonds is 9. The van der Waals surface area contributed by atoms with Gasteiger partial charge in [0.25, 0.3) is 0 Å². The molecule has 1 fully saturated rings. The lowest BCUT2D eigenvalue weighted by Gasteiger charge is -2.43. The quantitative estimate of drug-likeness (QED) is 0.683. The van der Waals surface area contributed by atoms with E-state index in [2.05, 4.69) is 37.9 Å². The first-order valence-corrected chi connectivity index (χ1v) is 8.59. The highest BCUT2D eigenvalue weighted by Gasteiger charge is 2.35. The highest BCUT2D eigenvalue weighted by molar-refractivity contribution is 4.90. The first-order chi connectivity index (χ1) is 9.52.